The lowest BCUT2D eigenvalue weighted by Gasteiger charge is -2.22. The fourth-order valence-electron chi connectivity index (χ4n) is 3.16. The summed E-state index contributed by atoms with van der Waals surface area (Å²) in [6.07, 6.45) is 2.38. The van der Waals surface area contributed by atoms with Gasteiger partial charge in [0.2, 0.25) is 0 Å². The van der Waals surface area contributed by atoms with E-state index in [0.29, 0.717) is 16.6 Å². The molecule has 0 amide bonds. The zero-order valence-electron chi connectivity index (χ0n) is 19.9. The molecule has 1 heterocycles. The molecule has 0 radical (unpaired) electrons. The first-order chi connectivity index (χ1) is 14.9. The molecule has 0 saturated heterocycles. The van der Waals surface area contributed by atoms with Gasteiger partial charge < -0.3 is 14.8 Å². The summed E-state index contributed by atoms with van der Waals surface area (Å²) < 4.78 is 27.9. The zero-order valence-corrected chi connectivity index (χ0v) is 19.9. The summed E-state index contributed by atoms with van der Waals surface area (Å²) in [6, 6.07) is 8.51. The summed E-state index contributed by atoms with van der Waals surface area (Å²) in [6.45, 7) is 13.5. The van der Waals surface area contributed by atoms with Crippen LogP contribution < -0.4 is 5.32 Å². The molecule has 0 fully saturated rings. The molecule has 1 N–H and O–H groups in total. The first kappa shape index (κ1) is 23.7. The van der Waals surface area contributed by atoms with Gasteiger partial charge in [-0.2, -0.15) is 5.10 Å². The van der Waals surface area contributed by atoms with Gasteiger partial charge in [0.05, 0.1) is 34.3 Å². The van der Waals surface area contributed by atoms with Crippen LogP contribution in [0.3, 0.4) is 0 Å². The van der Waals surface area contributed by atoms with Crippen molar-refractivity contribution in [2.75, 3.05) is 5.32 Å². The highest BCUT2D eigenvalue weighted by Crippen LogP contribution is 2.33. The third kappa shape index (κ3) is 5.65. The van der Waals surface area contributed by atoms with Crippen LogP contribution in [0.25, 0.3) is 10.9 Å². The van der Waals surface area contributed by atoms with E-state index in [9.17, 15) is 9.18 Å². The minimum Gasteiger partial charge on any atom is -0.456 e. The fraction of sp³-hybridized carbons (Fsp3) is 0.440. The summed E-state index contributed by atoms with van der Waals surface area (Å²) in [5, 5.41) is 8.22. The minimum absolute atomic E-state index is 0.248. The number of rotatable bonds is 6. The van der Waals surface area contributed by atoms with Crippen LogP contribution in [0.2, 0.25) is 0 Å². The number of benzene rings is 2. The van der Waals surface area contributed by atoms with Crippen molar-refractivity contribution in [3.8, 4) is 0 Å². The number of nitrogens with zero attached hydrogens (tertiary/aromatic N) is 2. The Hall–Kier alpha value is -2.93. The van der Waals surface area contributed by atoms with Gasteiger partial charge in [-0.25, -0.2) is 13.9 Å². The van der Waals surface area contributed by atoms with Crippen LogP contribution in [-0.2, 0) is 22.6 Å². The molecule has 0 aliphatic heterocycles. The second-order valence-electron chi connectivity index (χ2n) is 9.75. The molecule has 32 heavy (non-hydrogen) atoms. The van der Waals surface area contributed by atoms with Crippen LogP contribution in [0.1, 0.15) is 64.4 Å². The van der Waals surface area contributed by atoms with Crippen LogP contribution in [0.15, 0.2) is 36.5 Å². The molecule has 0 aliphatic rings. The monoisotopic (exact) mass is 441 g/mol. The summed E-state index contributed by atoms with van der Waals surface area (Å²) in [7, 11) is 0. The fourth-order valence-corrected chi connectivity index (χ4v) is 3.16. The van der Waals surface area contributed by atoms with Crippen molar-refractivity contribution in [1.29, 1.82) is 0 Å². The Bertz CT molecular complexity index is 1120. The highest BCUT2D eigenvalue weighted by Gasteiger charge is 2.24. The average molecular weight is 442 g/mol. The molecule has 0 bridgehead atoms. The van der Waals surface area contributed by atoms with Crippen LogP contribution in [-0.4, -0.2) is 27.0 Å². The largest absolute Gasteiger partial charge is 0.456 e. The van der Waals surface area contributed by atoms with Gasteiger partial charge >= 0.3 is 5.97 Å². The van der Waals surface area contributed by atoms with E-state index in [-0.39, 0.29) is 23.8 Å². The van der Waals surface area contributed by atoms with E-state index in [1.54, 1.807) is 29.1 Å². The van der Waals surface area contributed by atoms with Gasteiger partial charge in [0, 0.05) is 5.39 Å². The first-order valence-corrected chi connectivity index (χ1v) is 10.8. The van der Waals surface area contributed by atoms with Crippen molar-refractivity contribution in [3.63, 3.8) is 0 Å². The molecule has 2 aromatic carbocycles. The van der Waals surface area contributed by atoms with Gasteiger partial charge in [0.1, 0.15) is 18.1 Å². The van der Waals surface area contributed by atoms with E-state index in [1.165, 1.54) is 6.07 Å². The van der Waals surface area contributed by atoms with Crippen molar-refractivity contribution in [2.24, 2.45) is 0 Å². The predicted octanol–water partition coefficient (Wildman–Crippen LogP) is 6.21. The molecular weight excluding hydrogens is 409 g/mol. The normalized spacial score (nSPS) is 12.2. The van der Waals surface area contributed by atoms with Crippen molar-refractivity contribution < 1.29 is 18.7 Å². The maximum absolute atomic E-state index is 14.8. The topological polar surface area (TPSA) is 65.4 Å². The maximum atomic E-state index is 14.8. The molecule has 7 heteroatoms. The Kier molecular flexibility index (Phi) is 6.60. The number of anilines is 2. The smallest absolute Gasteiger partial charge is 0.340 e. The van der Waals surface area contributed by atoms with Gasteiger partial charge in [0.25, 0.3) is 0 Å². The highest BCUT2D eigenvalue weighted by atomic mass is 19.1. The Morgan fingerprint density at radius 1 is 1.09 bits per heavy atom. The van der Waals surface area contributed by atoms with E-state index in [0.717, 1.165) is 17.5 Å². The van der Waals surface area contributed by atoms with Crippen molar-refractivity contribution in [1.82, 2.24) is 9.78 Å². The zero-order chi connectivity index (χ0) is 23.7. The molecule has 172 valence electrons. The number of fused-ring (bicyclic) bond motifs is 1. The molecule has 1 aromatic heterocycles. The number of aryl methyl sites for hydroxylation is 1. The SMILES string of the molecule is CCc1ccc(Nc2c(C(=O)OC(C)(C)C)ccc3c2cnn3COC(C)(C)C)c(F)c1. The number of carbonyl (C=O) groups excluding carboxylic acids is 1. The van der Waals surface area contributed by atoms with Gasteiger partial charge in [-0.05, 0) is 77.8 Å². The Labute approximate surface area is 188 Å². The van der Waals surface area contributed by atoms with E-state index >= 15 is 0 Å². The van der Waals surface area contributed by atoms with Crippen LogP contribution in [0.5, 0.6) is 0 Å². The predicted molar refractivity (Wildman–Crippen MR) is 125 cm³/mol. The van der Waals surface area contributed by atoms with Crippen molar-refractivity contribution >= 4 is 28.2 Å². The lowest BCUT2D eigenvalue weighted by atomic mass is 10.1. The maximum Gasteiger partial charge on any atom is 0.340 e. The molecule has 0 aliphatic carbocycles. The van der Waals surface area contributed by atoms with E-state index < -0.39 is 11.6 Å². The molecule has 3 aromatic rings. The number of hydrogen-bond donors (Lipinski definition) is 1. The van der Waals surface area contributed by atoms with Gasteiger partial charge in [-0.1, -0.05) is 13.0 Å². The number of aromatic nitrogens is 2. The standard InChI is InChI=1S/C25H32FN3O3/c1-8-16-9-11-20(19(26)13-16)28-22-17(23(30)32-25(5,6)7)10-12-21-18(22)14-27-29(21)15-31-24(2,3)4/h9-14,28H,8,15H2,1-7H3. The molecule has 6 nitrogen and oxygen atoms in total. The lowest BCUT2D eigenvalue weighted by Crippen LogP contribution is -2.24. The van der Waals surface area contributed by atoms with Crippen molar-refractivity contribution in [3.05, 3.63) is 53.5 Å². The van der Waals surface area contributed by atoms with E-state index in [2.05, 4.69) is 10.4 Å². The number of carbonyl (C=O) groups is 1. The number of halogens is 1. The lowest BCUT2D eigenvalue weighted by molar-refractivity contribution is -0.0461. The Balaban J connectivity index is 2.09. The Morgan fingerprint density at radius 2 is 1.81 bits per heavy atom. The first-order valence-electron chi connectivity index (χ1n) is 10.8. The number of esters is 1. The number of nitrogens with one attached hydrogen (secondary N) is 1. The summed E-state index contributed by atoms with van der Waals surface area (Å²) in [4.78, 5) is 13.0. The van der Waals surface area contributed by atoms with Crippen LogP contribution >= 0.6 is 0 Å². The van der Waals surface area contributed by atoms with E-state index in [4.69, 9.17) is 9.47 Å². The summed E-state index contributed by atoms with van der Waals surface area (Å²) >= 11 is 0. The number of hydrogen-bond acceptors (Lipinski definition) is 5. The average Bonchev–Trinajstić information content (AvgIpc) is 3.09. The Morgan fingerprint density at radius 3 is 2.41 bits per heavy atom. The minimum atomic E-state index is -0.665. The third-order valence-corrected chi connectivity index (χ3v) is 4.77. The highest BCUT2D eigenvalue weighted by molar-refractivity contribution is 6.06. The quantitative estimate of drug-likeness (QED) is 0.461. The van der Waals surface area contributed by atoms with Crippen molar-refractivity contribution in [2.45, 2.75) is 72.8 Å². The molecule has 0 saturated carbocycles. The second-order valence-corrected chi connectivity index (χ2v) is 9.75. The summed E-state index contributed by atoms with van der Waals surface area (Å²) in [5.74, 6) is -0.883. The van der Waals surface area contributed by atoms with Crippen LogP contribution in [0.4, 0.5) is 15.8 Å². The molecule has 3 rings (SSSR count). The van der Waals surface area contributed by atoms with Gasteiger partial charge in [0.15, 0.2) is 0 Å². The summed E-state index contributed by atoms with van der Waals surface area (Å²) in [5.41, 5.74) is 1.69. The molecule has 0 atom stereocenters. The van der Waals surface area contributed by atoms with Gasteiger partial charge in [-0.3, -0.25) is 0 Å². The third-order valence-electron chi connectivity index (χ3n) is 4.77. The second kappa shape index (κ2) is 8.90. The van der Waals surface area contributed by atoms with Crippen LogP contribution in [0, 0.1) is 5.82 Å². The molecular formula is C25H32FN3O3. The number of ether oxygens (including phenoxy) is 2. The van der Waals surface area contributed by atoms with E-state index in [1.807, 2.05) is 54.5 Å². The molecule has 0 unspecified atom stereocenters. The molecule has 0 spiro atoms. The van der Waals surface area contributed by atoms with Gasteiger partial charge in [-0.15, -0.1) is 0 Å².